The summed E-state index contributed by atoms with van der Waals surface area (Å²) in [6.45, 7) is 9.09. The van der Waals surface area contributed by atoms with Gasteiger partial charge in [-0.3, -0.25) is 0 Å². The van der Waals surface area contributed by atoms with Crippen molar-refractivity contribution >= 4 is 14.0 Å². The van der Waals surface area contributed by atoms with Gasteiger partial charge in [0.25, 0.3) is 0 Å². The normalized spacial score (nSPS) is 26.2. The van der Waals surface area contributed by atoms with Crippen LogP contribution in [0.25, 0.3) is 0 Å². The third-order valence-electron chi connectivity index (χ3n) is 4.30. The number of hydrogen-bond acceptors (Lipinski definition) is 3. The van der Waals surface area contributed by atoms with Gasteiger partial charge in [0.15, 0.2) is 8.32 Å². The van der Waals surface area contributed by atoms with E-state index in [4.69, 9.17) is 9.26 Å². The van der Waals surface area contributed by atoms with E-state index < -0.39 is 8.32 Å². The first-order valence-corrected chi connectivity index (χ1v) is 11.8. The molecule has 4 heteroatoms. The number of unbranched alkanes of at least 4 members (excludes halogenated alkanes) is 1. The van der Waals surface area contributed by atoms with Crippen molar-refractivity contribution in [2.75, 3.05) is 0 Å². The molecule has 1 atom stereocenters. The topological polar surface area (TPSA) is 30.8 Å². The summed E-state index contributed by atoms with van der Waals surface area (Å²) in [5.74, 6) is 0. The Balaban J connectivity index is 2.04. The van der Waals surface area contributed by atoms with E-state index in [0.717, 1.165) is 25.7 Å². The van der Waals surface area contributed by atoms with E-state index in [1.807, 2.05) is 0 Å². The first-order chi connectivity index (χ1) is 9.45. The summed E-state index contributed by atoms with van der Waals surface area (Å²) in [6.07, 6.45) is 11.0. The molecular weight excluding hydrogens is 266 g/mol. The minimum absolute atomic E-state index is 0.0936. The van der Waals surface area contributed by atoms with Crippen LogP contribution in [0, 0.1) is 0 Å². The lowest BCUT2D eigenvalue weighted by atomic mass is 9.79. The second-order valence-corrected chi connectivity index (χ2v) is 11.8. The molecule has 1 saturated carbocycles. The van der Waals surface area contributed by atoms with Crippen molar-refractivity contribution in [3.05, 3.63) is 0 Å². The Bertz CT molecular complexity index is 343. The number of oxime groups is 1. The van der Waals surface area contributed by atoms with Crippen LogP contribution in [-0.4, -0.2) is 25.7 Å². The van der Waals surface area contributed by atoms with Gasteiger partial charge >= 0.3 is 0 Å². The summed E-state index contributed by atoms with van der Waals surface area (Å²) in [6, 6.07) is 0. The van der Waals surface area contributed by atoms with E-state index in [1.54, 1.807) is 0 Å². The van der Waals surface area contributed by atoms with Gasteiger partial charge in [0.05, 0.1) is 11.3 Å². The van der Waals surface area contributed by atoms with Crippen molar-refractivity contribution in [3.63, 3.8) is 0 Å². The van der Waals surface area contributed by atoms with Gasteiger partial charge in [0.1, 0.15) is 6.10 Å². The van der Waals surface area contributed by atoms with Gasteiger partial charge in [0, 0.05) is 6.42 Å². The molecule has 20 heavy (non-hydrogen) atoms. The maximum atomic E-state index is 6.63. The van der Waals surface area contributed by atoms with E-state index in [-0.39, 0.29) is 5.60 Å². The number of nitrogens with zero attached hydrogens (tertiary/aromatic N) is 1. The molecule has 116 valence electrons. The van der Waals surface area contributed by atoms with E-state index in [1.165, 1.54) is 37.8 Å². The zero-order chi connectivity index (χ0) is 14.6. The van der Waals surface area contributed by atoms with E-state index in [2.05, 4.69) is 31.7 Å². The molecule has 0 aromatic heterocycles. The summed E-state index contributed by atoms with van der Waals surface area (Å²) >= 11 is 0. The molecular formula is C16H31NO2Si. The van der Waals surface area contributed by atoms with Crippen molar-refractivity contribution in [1.29, 1.82) is 0 Å². The molecule has 1 heterocycles. The first kappa shape index (κ1) is 16.0. The Hall–Kier alpha value is -0.353. The number of hydrogen-bond donors (Lipinski definition) is 0. The quantitative estimate of drug-likeness (QED) is 0.654. The van der Waals surface area contributed by atoms with Crippen molar-refractivity contribution in [1.82, 2.24) is 0 Å². The lowest BCUT2D eigenvalue weighted by molar-refractivity contribution is 0.0751. The van der Waals surface area contributed by atoms with Crippen LogP contribution in [0.3, 0.4) is 0 Å². The van der Waals surface area contributed by atoms with Crippen LogP contribution in [0.15, 0.2) is 5.16 Å². The molecule has 2 aliphatic rings. The summed E-state index contributed by atoms with van der Waals surface area (Å²) in [5.41, 5.74) is 1.12. The molecule has 3 nitrogen and oxygen atoms in total. The predicted octanol–water partition coefficient (Wildman–Crippen LogP) is 4.88. The van der Waals surface area contributed by atoms with Crippen LogP contribution in [-0.2, 0) is 9.26 Å². The molecule has 0 aromatic rings. The van der Waals surface area contributed by atoms with Crippen LogP contribution in [0.4, 0.5) is 0 Å². The van der Waals surface area contributed by atoms with Gasteiger partial charge < -0.3 is 9.26 Å². The SMILES string of the molecule is CCCCC1CC(C2(O[Si](C)(C)C)CCCCC2)=NO1. The molecule has 0 radical (unpaired) electrons. The highest BCUT2D eigenvalue weighted by molar-refractivity contribution is 6.70. The highest BCUT2D eigenvalue weighted by Crippen LogP contribution is 2.39. The van der Waals surface area contributed by atoms with Gasteiger partial charge in [-0.05, 0) is 45.3 Å². The molecule has 1 aliphatic heterocycles. The third kappa shape index (κ3) is 4.07. The largest absolute Gasteiger partial charge is 0.407 e. The average molecular weight is 298 g/mol. The lowest BCUT2D eigenvalue weighted by Gasteiger charge is -2.41. The summed E-state index contributed by atoms with van der Waals surface area (Å²) in [7, 11) is -1.57. The van der Waals surface area contributed by atoms with E-state index in [0.29, 0.717) is 6.10 Å². The Morgan fingerprint density at radius 3 is 2.55 bits per heavy atom. The van der Waals surface area contributed by atoms with Gasteiger partial charge in [-0.1, -0.05) is 37.8 Å². The van der Waals surface area contributed by atoms with Crippen LogP contribution in [0.1, 0.15) is 64.7 Å². The molecule has 0 saturated heterocycles. The monoisotopic (exact) mass is 297 g/mol. The molecule has 0 bridgehead atoms. The lowest BCUT2D eigenvalue weighted by Crippen LogP contribution is -2.49. The molecule has 1 fully saturated rings. The fraction of sp³-hybridized carbons (Fsp3) is 0.938. The second-order valence-electron chi connectivity index (χ2n) is 7.38. The fourth-order valence-corrected chi connectivity index (χ4v) is 4.94. The maximum Gasteiger partial charge on any atom is 0.185 e. The van der Waals surface area contributed by atoms with E-state index in [9.17, 15) is 0 Å². The van der Waals surface area contributed by atoms with E-state index >= 15 is 0 Å². The van der Waals surface area contributed by atoms with Gasteiger partial charge in [-0.15, -0.1) is 0 Å². The van der Waals surface area contributed by atoms with Crippen molar-refractivity contribution in [3.8, 4) is 0 Å². The highest BCUT2D eigenvalue weighted by Gasteiger charge is 2.44. The predicted molar refractivity (Wildman–Crippen MR) is 86.7 cm³/mol. The summed E-state index contributed by atoms with van der Waals surface area (Å²) in [4.78, 5) is 5.68. The Labute approximate surface area is 125 Å². The highest BCUT2D eigenvalue weighted by atomic mass is 28.4. The minimum atomic E-state index is -1.57. The summed E-state index contributed by atoms with van der Waals surface area (Å²) < 4.78 is 6.63. The van der Waals surface area contributed by atoms with Gasteiger partial charge in [0.2, 0.25) is 0 Å². The zero-order valence-corrected chi connectivity index (χ0v) is 14.7. The average Bonchev–Trinajstić information content (AvgIpc) is 2.85. The zero-order valence-electron chi connectivity index (χ0n) is 13.7. The van der Waals surface area contributed by atoms with Gasteiger partial charge in [-0.25, -0.2) is 0 Å². The molecule has 0 spiro atoms. The smallest absolute Gasteiger partial charge is 0.185 e. The van der Waals surface area contributed by atoms with Crippen LogP contribution < -0.4 is 0 Å². The van der Waals surface area contributed by atoms with Crippen LogP contribution in [0.5, 0.6) is 0 Å². The molecule has 2 rings (SSSR count). The van der Waals surface area contributed by atoms with Crippen molar-refractivity contribution < 1.29 is 9.26 Å². The van der Waals surface area contributed by atoms with Crippen LogP contribution in [0.2, 0.25) is 19.6 Å². The minimum Gasteiger partial charge on any atom is -0.407 e. The Morgan fingerprint density at radius 1 is 1.25 bits per heavy atom. The Kier molecular flexibility index (Phi) is 5.29. The van der Waals surface area contributed by atoms with Crippen molar-refractivity contribution in [2.45, 2.75) is 96.1 Å². The standard InChI is InChI=1S/C16H31NO2Si/c1-5-6-10-14-13-15(17-18-14)16(19-20(2,3)4)11-8-7-9-12-16/h14H,5-13H2,1-4H3. The molecule has 1 aliphatic carbocycles. The number of rotatable bonds is 6. The first-order valence-electron chi connectivity index (χ1n) is 8.38. The van der Waals surface area contributed by atoms with Crippen molar-refractivity contribution in [2.24, 2.45) is 5.16 Å². The van der Waals surface area contributed by atoms with Gasteiger partial charge in [-0.2, -0.15) is 0 Å². The molecule has 0 N–H and O–H groups in total. The second kappa shape index (κ2) is 6.61. The fourth-order valence-electron chi connectivity index (χ4n) is 3.44. The Morgan fingerprint density at radius 2 is 1.95 bits per heavy atom. The molecule has 0 amide bonds. The summed E-state index contributed by atoms with van der Waals surface area (Å²) in [5, 5.41) is 4.46. The molecule has 0 aromatic carbocycles. The van der Waals surface area contributed by atoms with Crippen LogP contribution >= 0.6 is 0 Å². The molecule has 1 unspecified atom stereocenters. The third-order valence-corrected chi connectivity index (χ3v) is 5.30. The maximum absolute atomic E-state index is 6.63.